The van der Waals surface area contributed by atoms with Gasteiger partial charge in [0.1, 0.15) is 5.82 Å². The van der Waals surface area contributed by atoms with Gasteiger partial charge in [0, 0.05) is 0 Å². The molecule has 0 radical (unpaired) electrons. The Hall–Kier alpha value is -1.70. The molecule has 2 heteroatoms. The average molecular weight is 350 g/mol. The lowest BCUT2D eigenvalue weighted by molar-refractivity contribution is -0.119. The molecule has 0 aromatic heterocycles. The molecule has 1 unspecified atom stereocenters. The zero-order chi connectivity index (χ0) is 18.1. The third-order valence-corrected chi connectivity index (χ3v) is 7.74. The normalized spacial score (nSPS) is 41.2. The molecule has 1 aromatic carbocycles. The van der Waals surface area contributed by atoms with Gasteiger partial charge in [-0.15, -0.1) is 0 Å². The highest BCUT2D eigenvalue weighted by Gasteiger charge is 2.53. The van der Waals surface area contributed by atoms with Gasteiger partial charge >= 0.3 is 0 Å². The lowest BCUT2D eigenvalue weighted by Crippen LogP contribution is -2.48. The minimum Gasteiger partial charge on any atom is -0.293 e. The Morgan fingerprint density at radius 2 is 1.50 bits per heavy atom. The van der Waals surface area contributed by atoms with Crippen LogP contribution >= 0.6 is 0 Å². The van der Waals surface area contributed by atoms with Gasteiger partial charge in [0.05, 0.1) is 5.41 Å². The molecular formula is C24H27FO. The van der Waals surface area contributed by atoms with Crippen LogP contribution in [0.3, 0.4) is 0 Å². The van der Waals surface area contributed by atoms with E-state index in [1.807, 2.05) is 13.8 Å². The number of allylic oxidation sites excluding steroid dienone is 4. The quantitative estimate of drug-likeness (QED) is 0.663. The van der Waals surface area contributed by atoms with Crippen molar-refractivity contribution in [1.29, 1.82) is 0 Å². The molecule has 4 fully saturated rings. The number of carbonyl (C=O) groups excluding carboxylic acids is 1. The van der Waals surface area contributed by atoms with E-state index in [2.05, 4.69) is 12.2 Å². The fraction of sp³-hybridized carbons (Fsp3) is 0.542. The van der Waals surface area contributed by atoms with Crippen LogP contribution in [0.15, 0.2) is 47.6 Å². The van der Waals surface area contributed by atoms with E-state index >= 15 is 0 Å². The van der Waals surface area contributed by atoms with Crippen molar-refractivity contribution < 1.29 is 9.18 Å². The number of hydrogen-bond donors (Lipinski definition) is 0. The first-order chi connectivity index (χ1) is 12.4. The van der Waals surface area contributed by atoms with Crippen molar-refractivity contribution >= 4 is 5.78 Å². The Kier molecular flexibility index (Phi) is 3.42. The van der Waals surface area contributed by atoms with Gasteiger partial charge in [0.25, 0.3) is 0 Å². The van der Waals surface area contributed by atoms with E-state index in [-0.39, 0.29) is 17.0 Å². The zero-order valence-electron chi connectivity index (χ0n) is 15.7. The van der Waals surface area contributed by atoms with Crippen molar-refractivity contribution in [2.24, 2.45) is 23.2 Å². The third-order valence-electron chi connectivity index (χ3n) is 7.74. The second-order valence-electron chi connectivity index (χ2n) is 9.66. The topological polar surface area (TPSA) is 17.1 Å². The first-order valence-corrected chi connectivity index (χ1v) is 10.1. The maximum Gasteiger partial charge on any atom is 0.172 e. The number of benzene rings is 1. The molecule has 4 bridgehead atoms. The molecule has 0 amide bonds. The minimum absolute atomic E-state index is 0.151. The van der Waals surface area contributed by atoms with Gasteiger partial charge in [0.15, 0.2) is 5.78 Å². The molecule has 5 aliphatic carbocycles. The summed E-state index contributed by atoms with van der Waals surface area (Å²) in [6.07, 6.45) is 12.6. The van der Waals surface area contributed by atoms with Crippen LogP contribution in [0.2, 0.25) is 0 Å². The van der Waals surface area contributed by atoms with Crippen LogP contribution in [-0.4, -0.2) is 5.78 Å². The largest absolute Gasteiger partial charge is 0.293 e. The molecule has 5 aliphatic rings. The summed E-state index contributed by atoms with van der Waals surface area (Å²) in [5.74, 6) is 2.54. The molecule has 4 saturated carbocycles. The van der Waals surface area contributed by atoms with E-state index < -0.39 is 5.41 Å². The van der Waals surface area contributed by atoms with Crippen molar-refractivity contribution in [2.75, 3.05) is 0 Å². The van der Waals surface area contributed by atoms with Gasteiger partial charge in [-0.3, -0.25) is 4.79 Å². The summed E-state index contributed by atoms with van der Waals surface area (Å²) >= 11 is 0. The highest BCUT2D eigenvalue weighted by atomic mass is 19.1. The second-order valence-corrected chi connectivity index (χ2v) is 9.66. The second kappa shape index (κ2) is 5.41. The molecule has 0 spiro atoms. The van der Waals surface area contributed by atoms with E-state index in [0.717, 1.165) is 28.9 Å². The molecule has 136 valence electrons. The van der Waals surface area contributed by atoms with Gasteiger partial charge in [-0.2, -0.15) is 0 Å². The molecule has 0 aliphatic heterocycles. The summed E-state index contributed by atoms with van der Waals surface area (Å²) in [6, 6.07) is 6.50. The van der Waals surface area contributed by atoms with Crippen LogP contribution < -0.4 is 0 Å². The van der Waals surface area contributed by atoms with E-state index in [9.17, 15) is 9.18 Å². The van der Waals surface area contributed by atoms with Gasteiger partial charge < -0.3 is 0 Å². The summed E-state index contributed by atoms with van der Waals surface area (Å²) < 4.78 is 13.4. The van der Waals surface area contributed by atoms with Crippen LogP contribution in [0, 0.1) is 29.0 Å². The van der Waals surface area contributed by atoms with Crippen LogP contribution in [0.5, 0.6) is 0 Å². The van der Waals surface area contributed by atoms with Crippen LogP contribution in [0.4, 0.5) is 4.39 Å². The van der Waals surface area contributed by atoms with Crippen LogP contribution in [0.1, 0.15) is 57.9 Å². The van der Waals surface area contributed by atoms with Crippen LogP contribution in [-0.2, 0) is 10.2 Å². The van der Waals surface area contributed by atoms with Gasteiger partial charge in [-0.1, -0.05) is 24.3 Å². The van der Waals surface area contributed by atoms with Crippen molar-refractivity contribution in [1.82, 2.24) is 0 Å². The Labute approximate surface area is 155 Å². The number of hydrogen-bond acceptors (Lipinski definition) is 1. The lowest BCUT2D eigenvalue weighted by atomic mass is 9.47. The highest BCUT2D eigenvalue weighted by molar-refractivity contribution is 6.06. The van der Waals surface area contributed by atoms with E-state index in [1.54, 1.807) is 12.1 Å². The monoisotopic (exact) mass is 350 g/mol. The molecule has 1 nitrogen and oxygen atoms in total. The van der Waals surface area contributed by atoms with E-state index in [1.165, 1.54) is 56.2 Å². The molecule has 0 N–H and O–H groups in total. The Morgan fingerprint density at radius 1 is 0.962 bits per heavy atom. The molecule has 1 aromatic rings. The number of carbonyl (C=O) groups is 1. The lowest BCUT2D eigenvalue weighted by Gasteiger charge is -2.58. The fourth-order valence-electron chi connectivity index (χ4n) is 6.91. The van der Waals surface area contributed by atoms with E-state index in [4.69, 9.17) is 0 Å². The number of rotatable bonds is 2. The average Bonchev–Trinajstić information content (AvgIpc) is 2.58. The zero-order valence-corrected chi connectivity index (χ0v) is 15.7. The maximum absolute atomic E-state index is 13.4. The predicted molar refractivity (Wildman–Crippen MR) is 101 cm³/mol. The van der Waals surface area contributed by atoms with E-state index in [0.29, 0.717) is 0 Å². The Bertz CT molecular complexity index is 793. The molecule has 1 atom stereocenters. The molecule has 0 heterocycles. The van der Waals surface area contributed by atoms with Crippen molar-refractivity contribution in [3.05, 3.63) is 58.9 Å². The maximum atomic E-state index is 13.4. The third kappa shape index (κ3) is 2.30. The summed E-state index contributed by atoms with van der Waals surface area (Å²) in [5, 5.41) is 0. The number of halogens is 1. The van der Waals surface area contributed by atoms with Gasteiger partial charge in [-0.05, 0) is 104 Å². The molecular weight excluding hydrogens is 323 g/mol. The Morgan fingerprint density at radius 3 is 2.04 bits per heavy atom. The van der Waals surface area contributed by atoms with Crippen LogP contribution in [0.25, 0.3) is 0 Å². The molecule has 6 rings (SSSR count). The SMILES string of the molecule is CC1=CC(C23CC4CC(CC(C4)C2)C3)=CC(C)(c2ccc(F)cc2)C1=O. The number of Topliss-reactive ketones (excluding diaryl/α,β-unsaturated/α-hetero) is 1. The van der Waals surface area contributed by atoms with Gasteiger partial charge in [0.2, 0.25) is 0 Å². The van der Waals surface area contributed by atoms with Crippen molar-refractivity contribution in [2.45, 2.75) is 57.8 Å². The smallest absolute Gasteiger partial charge is 0.172 e. The fourth-order valence-corrected chi connectivity index (χ4v) is 6.91. The molecule has 0 saturated heterocycles. The summed E-state index contributed by atoms with van der Waals surface area (Å²) in [7, 11) is 0. The standard InChI is InChI=1S/C24H27FO/c1-15-7-20(24-11-16-8-17(12-24)10-18(9-16)13-24)14-23(2,22(15)26)19-3-5-21(25)6-4-19/h3-7,14,16-18H,8-13H2,1-2H3. The highest BCUT2D eigenvalue weighted by Crippen LogP contribution is 2.63. The Balaban J connectivity index is 1.60. The van der Waals surface area contributed by atoms with Gasteiger partial charge in [-0.25, -0.2) is 4.39 Å². The molecule has 26 heavy (non-hydrogen) atoms. The summed E-state index contributed by atoms with van der Waals surface area (Å²) in [6.45, 7) is 3.97. The first kappa shape index (κ1) is 16.5. The first-order valence-electron chi connectivity index (χ1n) is 10.1. The minimum atomic E-state index is -0.675. The summed E-state index contributed by atoms with van der Waals surface area (Å²) in [5.41, 5.74) is 2.74. The number of ketones is 1. The van der Waals surface area contributed by atoms with Crippen molar-refractivity contribution in [3.63, 3.8) is 0 Å². The summed E-state index contributed by atoms with van der Waals surface area (Å²) in [4.78, 5) is 13.1. The van der Waals surface area contributed by atoms with Crippen molar-refractivity contribution in [3.8, 4) is 0 Å². The predicted octanol–water partition coefficient (Wildman–Crippen LogP) is 5.76.